The number of hydrogen-bond acceptors (Lipinski definition) is 3. The highest BCUT2D eigenvalue weighted by atomic mass is 35.5. The Bertz CT molecular complexity index is 700. The van der Waals surface area contributed by atoms with Gasteiger partial charge in [-0.2, -0.15) is 0 Å². The second-order valence-corrected chi connectivity index (χ2v) is 5.97. The maximum Gasteiger partial charge on any atom is 0.251 e. The van der Waals surface area contributed by atoms with E-state index in [1.165, 1.54) is 0 Å². The molecule has 2 N–H and O–H groups in total. The third kappa shape index (κ3) is 6.57. The second-order valence-electron chi connectivity index (χ2n) is 5.53. The highest BCUT2D eigenvalue weighted by Crippen LogP contribution is 2.12. The molecule has 0 aromatic heterocycles. The van der Waals surface area contributed by atoms with Gasteiger partial charge in [-0.1, -0.05) is 23.7 Å². The number of ether oxygens (including phenoxy) is 1. The molecule has 2 aromatic carbocycles. The number of carbonyl (C=O) groups excluding carboxylic acids is 2. The van der Waals surface area contributed by atoms with E-state index in [0.717, 1.165) is 12.0 Å². The summed E-state index contributed by atoms with van der Waals surface area (Å²) < 4.78 is 4.93. The summed E-state index contributed by atoms with van der Waals surface area (Å²) in [5.41, 5.74) is 2.08. The average Bonchev–Trinajstić information content (AvgIpc) is 2.61. The van der Waals surface area contributed by atoms with Gasteiger partial charge in [0, 0.05) is 36.5 Å². The molecular weight excluding hydrogens is 340 g/mol. The van der Waals surface area contributed by atoms with Gasteiger partial charge in [0.2, 0.25) is 5.91 Å². The smallest absolute Gasteiger partial charge is 0.251 e. The zero-order valence-electron chi connectivity index (χ0n) is 14.0. The maximum atomic E-state index is 12.1. The number of halogens is 1. The van der Waals surface area contributed by atoms with E-state index in [0.29, 0.717) is 29.4 Å². The summed E-state index contributed by atoms with van der Waals surface area (Å²) in [7, 11) is 1.63. The standard InChI is InChI=1S/C19H21ClN2O3/c1-25-12-2-11-21-19(24)15-5-9-17(10-6-15)22-18(23)13-14-3-7-16(20)8-4-14/h3-10H,2,11-13H2,1H3,(H,21,24)(H,22,23). The monoisotopic (exact) mass is 360 g/mol. The normalized spacial score (nSPS) is 10.3. The number of benzene rings is 2. The third-order valence-corrected chi connectivity index (χ3v) is 3.77. The van der Waals surface area contributed by atoms with Gasteiger partial charge < -0.3 is 15.4 Å². The van der Waals surface area contributed by atoms with E-state index in [2.05, 4.69) is 10.6 Å². The van der Waals surface area contributed by atoms with E-state index in [9.17, 15) is 9.59 Å². The molecule has 0 spiro atoms. The molecule has 0 bridgehead atoms. The molecule has 132 valence electrons. The minimum atomic E-state index is -0.143. The van der Waals surface area contributed by atoms with Crippen LogP contribution < -0.4 is 10.6 Å². The molecule has 0 fully saturated rings. The number of amides is 2. The van der Waals surface area contributed by atoms with Crippen LogP contribution in [0.2, 0.25) is 5.02 Å². The fourth-order valence-electron chi connectivity index (χ4n) is 2.22. The summed E-state index contributed by atoms with van der Waals surface area (Å²) in [4.78, 5) is 24.0. The minimum absolute atomic E-state index is 0.126. The summed E-state index contributed by atoms with van der Waals surface area (Å²) in [5, 5.41) is 6.26. The van der Waals surface area contributed by atoms with Crippen LogP contribution in [0, 0.1) is 0 Å². The molecule has 0 aliphatic rings. The predicted octanol–water partition coefficient (Wildman–Crippen LogP) is 3.29. The van der Waals surface area contributed by atoms with Gasteiger partial charge in [0.25, 0.3) is 5.91 Å². The van der Waals surface area contributed by atoms with Gasteiger partial charge in [0.05, 0.1) is 6.42 Å². The van der Waals surface area contributed by atoms with Crippen molar-refractivity contribution in [1.82, 2.24) is 5.32 Å². The lowest BCUT2D eigenvalue weighted by Gasteiger charge is -2.08. The van der Waals surface area contributed by atoms with Crippen molar-refractivity contribution in [2.75, 3.05) is 25.6 Å². The van der Waals surface area contributed by atoms with E-state index in [1.807, 2.05) is 12.1 Å². The van der Waals surface area contributed by atoms with Crippen LogP contribution in [-0.2, 0) is 16.0 Å². The van der Waals surface area contributed by atoms with Gasteiger partial charge in [0.15, 0.2) is 0 Å². The summed E-state index contributed by atoms with van der Waals surface area (Å²) >= 11 is 5.83. The van der Waals surface area contributed by atoms with Crippen LogP contribution in [0.3, 0.4) is 0 Å². The van der Waals surface area contributed by atoms with Crippen molar-refractivity contribution in [2.45, 2.75) is 12.8 Å². The Morgan fingerprint density at radius 2 is 1.72 bits per heavy atom. The summed E-state index contributed by atoms with van der Waals surface area (Å²) in [6.07, 6.45) is 1.03. The van der Waals surface area contributed by atoms with Crippen LogP contribution in [0.25, 0.3) is 0 Å². The molecular formula is C19H21ClN2O3. The quantitative estimate of drug-likeness (QED) is 0.710. The Morgan fingerprint density at radius 1 is 1.04 bits per heavy atom. The molecule has 5 nitrogen and oxygen atoms in total. The predicted molar refractivity (Wildman–Crippen MR) is 99.1 cm³/mol. The van der Waals surface area contributed by atoms with Crippen LogP contribution in [0.5, 0.6) is 0 Å². The fraction of sp³-hybridized carbons (Fsp3) is 0.263. The molecule has 2 aromatic rings. The first kappa shape index (κ1) is 19.0. The number of nitrogens with one attached hydrogen (secondary N) is 2. The Kier molecular flexibility index (Phi) is 7.44. The van der Waals surface area contributed by atoms with Gasteiger partial charge >= 0.3 is 0 Å². The number of hydrogen-bond donors (Lipinski definition) is 2. The average molecular weight is 361 g/mol. The molecule has 0 radical (unpaired) electrons. The Labute approximate surface area is 152 Å². The van der Waals surface area contributed by atoms with Crippen molar-refractivity contribution < 1.29 is 14.3 Å². The van der Waals surface area contributed by atoms with Crippen LogP contribution >= 0.6 is 11.6 Å². The van der Waals surface area contributed by atoms with Gasteiger partial charge in [-0.15, -0.1) is 0 Å². The Morgan fingerprint density at radius 3 is 2.36 bits per heavy atom. The van der Waals surface area contributed by atoms with Crippen LogP contribution in [0.4, 0.5) is 5.69 Å². The molecule has 0 aliphatic heterocycles. The molecule has 0 heterocycles. The molecule has 2 amide bonds. The van der Waals surface area contributed by atoms with Crippen molar-refractivity contribution in [3.63, 3.8) is 0 Å². The number of anilines is 1. The van der Waals surface area contributed by atoms with Crippen molar-refractivity contribution in [1.29, 1.82) is 0 Å². The number of rotatable bonds is 8. The molecule has 0 aliphatic carbocycles. The first-order chi connectivity index (χ1) is 12.1. The first-order valence-electron chi connectivity index (χ1n) is 8.00. The van der Waals surface area contributed by atoms with E-state index in [4.69, 9.17) is 16.3 Å². The Balaban J connectivity index is 1.83. The molecule has 0 saturated carbocycles. The van der Waals surface area contributed by atoms with Gasteiger partial charge in [-0.25, -0.2) is 0 Å². The molecule has 0 unspecified atom stereocenters. The van der Waals surface area contributed by atoms with Crippen LogP contribution in [-0.4, -0.2) is 32.1 Å². The lowest BCUT2D eigenvalue weighted by atomic mass is 10.1. The zero-order chi connectivity index (χ0) is 18.1. The van der Waals surface area contributed by atoms with Crippen molar-refractivity contribution in [3.8, 4) is 0 Å². The van der Waals surface area contributed by atoms with Gasteiger partial charge in [0.1, 0.15) is 0 Å². The highest BCUT2D eigenvalue weighted by molar-refractivity contribution is 6.30. The highest BCUT2D eigenvalue weighted by Gasteiger charge is 2.07. The third-order valence-electron chi connectivity index (χ3n) is 3.52. The summed E-state index contributed by atoms with van der Waals surface area (Å²) in [6, 6.07) is 13.9. The lowest BCUT2D eigenvalue weighted by molar-refractivity contribution is -0.115. The van der Waals surface area contributed by atoms with Crippen molar-refractivity contribution in [3.05, 3.63) is 64.7 Å². The lowest BCUT2D eigenvalue weighted by Crippen LogP contribution is -2.25. The van der Waals surface area contributed by atoms with E-state index >= 15 is 0 Å². The van der Waals surface area contributed by atoms with E-state index < -0.39 is 0 Å². The molecule has 25 heavy (non-hydrogen) atoms. The number of carbonyl (C=O) groups is 2. The first-order valence-corrected chi connectivity index (χ1v) is 8.38. The number of methoxy groups -OCH3 is 1. The van der Waals surface area contributed by atoms with Gasteiger partial charge in [-0.05, 0) is 48.4 Å². The SMILES string of the molecule is COCCCNC(=O)c1ccc(NC(=O)Cc2ccc(Cl)cc2)cc1. The van der Waals surface area contributed by atoms with Crippen LogP contribution in [0.15, 0.2) is 48.5 Å². The maximum absolute atomic E-state index is 12.1. The topological polar surface area (TPSA) is 67.4 Å². The van der Waals surface area contributed by atoms with Crippen LogP contribution in [0.1, 0.15) is 22.3 Å². The second kappa shape index (κ2) is 9.81. The summed E-state index contributed by atoms with van der Waals surface area (Å²) in [5.74, 6) is -0.269. The molecule has 6 heteroatoms. The molecule has 0 atom stereocenters. The summed E-state index contributed by atoms with van der Waals surface area (Å²) in [6.45, 7) is 1.17. The Hall–Kier alpha value is -2.37. The van der Waals surface area contributed by atoms with Crippen molar-refractivity contribution in [2.24, 2.45) is 0 Å². The van der Waals surface area contributed by atoms with E-state index in [-0.39, 0.29) is 18.2 Å². The minimum Gasteiger partial charge on any atom is -0.385 e. The zero-order valence-corrected chi connectivity index (χ0v) is 14.8. The largest absolute Gasteiger partial charge is 0.385 e. The van der Waals surface area contributed by atoms with Crippen molar-refractivity contribution >= 4 is 29.1 Å². The molecule has 2 rings (SSSR count). The van der Waals surface area contributed by atoms with E-state index in [1.54, 1.807) is 43.5 Å². The van der Waals surface area contributed by atoms with Gasteiger partial charge in [-0.3, -0.25) is 9.59 Å². The fourth-order valence-corrected chi connectivity index (χ4v) is 2.34. The molecule has 0 saturated heterocycles.